The zero-order valence-corrected chi connectivity index (χ0v) is 9.04. The normalized spacial score (nSPS) is 13.1. The molecule has 14 heavy (non-hydrogen) atoms. The summed E-state index contributed by atoms with van der Waals surface area (Å²) in [7, 11) is 1.66. The highest BCUT2D eigenvalue weighted by Crippen LogP contribution is 2.19. The first-order valence-corrected chi connectivity index (χ1v) is 4.95. The van der Waals surface area contributed by atoms with E-state index in [1.807, 2.05) is 6.92 Å². The van der Waals surface area contributed by atoms with Crippen LogP contribution >= 0.6 is 0 Å². The predicted octanol–water partition coefficient (Wildman–Crippen LogP) is 1.88. The molecule has 0 amide bonds. The molecule has 0 aromatic carbocycles. The molecule has 0 fully saturated rings. The van der Waals surface area contributed by atoms with Crippen LogP contribution in [-0.2, 0) is 11.3 Å². The van der Waals surface area contributed by atoms with Gasteiger partial charge < -0.3 is 14.5 Å². The van der Waals surface area contributed by atoms with Gasteiger partial charge in [-0.3, -0.25) is 0 Å². The molecule has 4 nitrogen and oxygen atoms in total. The summed E-state index contributed by atoms with van der Waals surface area (Å²) in [4.78, 5) is 4.15. The smallest absolute Gasteiger partial charge is 0.181 e. The van der Waals surface area contributed by atoms with Gasteiger partial charge in [-0.25, -0.2) is 4.98 Å². The predicted molar refractivity (Wildman–Crippen MR) is 53.9 cm³/mol. The number of nitrogens with zero attached hydrogens (tertiary/aromatic N) is 1. The van der Waals surface area contributed by atoms with Crippen LogP contribution in [-0.4, -0.2) is 18.6 Å². The Morgan fingerprint density at radius 2 is 2.43 bits per heavy atom. The lowest BCUT2D eigenvalue weighted by Gasteiger charge is -2.08. The Morgan fingerprint density at radius 1 is 1.64 bits per heavy atom. The lowest BCUT2D eigenvalue weighted by molar-refractivity contribution is 0.0984. The third-order valence-corrected chi connectivity index (χ3v) is 2.11. The fraction of sp³-hybridized carbons (Fsp3) is 0.700. The van der Waals surface area contributed by atoms with Gasteiger partial charge in [-0.15, -0.1) is 0 Å². The molecule has 1 aromatic heterocycles. The molecule has 1 unspecified atom stereocenters. The maximum atomic E-state index is 5.27. The van der Waals surface area contributed by atoms with Gasteiger partial charge in [-0.2, -0.15) is 0 Å². The second-order valence-corrected chi connectivity index (χ2v) is 3.22. The van der Waals surface area contributed by atoms with Gasteiger partial charge in [0.05, 0.1) is 5.69 Å². The van der Waals surface area contributed by atoms with E-state index in [1.54, 1.807) is 7.11 Å². The van der Waals surface area contributed by atoms with Crippen LogP contribution in [0.5, 0.6) is 0 Å². The topological polar surface area (TPSA) is 47.3 Å². The van der Waals surface area contributed by atoms with Crippen molar-refractivity contribution in [3.05, 3.63) is 17.8 Å². The van der Waals surface area contributed by atoms with Crippen LogP contribution < -0.4 is 5.32 Å². The highest BCUT2D eigenvalue weighted by molar-refractivity contribution is 5.09. The third kappa shape index (κ3) is 2.82. The maximum absolute atomic E-state index is 5.27. The van der Waals surface area contributed by atoms with Crippen molar-refractivity contribution < 1.29 is 9.15 Å². The van der Waals surface area contributed by atoms with E-state index >= 15 is 0 Å². The molecule has 0 aliphatic carbocycles. The molecule has 0 aliphatic heterocycles. The molecule has 80 valence electrons. The Balaban J connectivity index is 2.53. The van der Waals surface area contributed by atoms with E-state index in [4.69, 9.17) is 9.15 Å². The van der Waals surface area contributed by atoms with Crippen LogP contribution in [0.4, 0.5) is 0 Å². The number of oxazole rings is 1. The lowest BCUT2D eigenvalue weighted by Crippen LogP contribution is -2.15. The van der Waals surface area contributed by atoms with E-state index < -0.39 is 0 Å². The molecule has 1 aromatic rings. The average molecular weight is 198 g/mol. The molecular formula is C10H18N2O2. The molecule has 0 saturated carbocycles. The molecule has 1 N–H and O–H groups in total. The van der Waals surface area contributed by atoms with Crippen LogP contribution in [0.2, 0.25) is 0 Å². The van der Waals surface area contributed by atoms with Crippen molar-refractivity contribution in [2.24, 2.45) is 0 Å². The SMILES string of the molecule is CCCNCc1ncoc1C(C)OC. The van der Waals surface area contributed by atoms with Gasteiger partial charge in [0.15, 0.2) is 12.2 Å². The Bertz CT molecular complexity index is 260. The minimum Gasteiger partial charge on any atom is -0.445 e. The quantitative estimate of drug-likeness (QED) is 0.709. The fourth-order valence-corrected chi connectivity index (χ4v) is 1.23. The third-order valence-electron chi connectivity index (χ3n) is 2.11. The van der Waals surface area contributed by atoms with Crippen molar-refractivity contribution in [1.82, 2.24) is 10.3 Å². The second-order valence-electron chi connectivity index (χ2n) is 3.22. The van der Waals surface area contributed by atoms with Crippen molar-refractivity contribution >= 4 is 0 Å². The Labute approximate surface area is 84.7 Å². The fourth-order valence-electron chi connectivity index (χ4n) is 1.23. The van der Waals surface area contributed by atoms with Crippen molar-refractivity contribution in [2.75, 3.05) is 13.7 Å². The minimum absolute atomic E-state index is 0.0315. The highest BCUT2D eigenvalue weighted by Gasteiger charge is 2.14. The van der Waals surface area contributed by atoms with Gasteiger partial charge in [-0.05, 0) is 19.9 Å². The highest BCUT2D eigenvalue weighted by atomic mass is 16.5. The van der Waals surface area contributed by atoms with Crippen molar-refractivity contribution in [2.45, 2.75) is 32.9 Å². The number of aromatic nitrogens is 1. The van der Waals surface area contributed by atoms with Gasteiger partial charge in [0.1, 0.15) is 6.10 Å². The molecule has 1 rings (SSSR count). The van der Waals surface area contributed by atoms with E-state index in [2.05, 4.69) is 17.2 Å². The molecule has 0 bridgehead atoms. The van der Waals surface area contributed by atoms with Crippen molar-refractivity contribution in [3.8, 4) is 0 Å². The monoisotopic (exact) mass is 198 g/mol. The summed E-state index contributed by atoms with van der Waals surface area (Å²) in [5.41, 5.74) is 0.938. The molecule has 0 aliphatic rings. The van der Waals surface area contributed by atoms with Gasteiger partial charge in [0.25, 0.3) is 0 Å². The Kier molecular flexibility index (Phi) is 4.62. The lowest BCUT2D eigenvalue weighted by atomic mass is 10.2. The first kappa shape index (κ1) is 11.2. The summed E-state index contributed by atoms with van der Waals surface area (Å²) in [6.07, 6.45) is 2.55. The number of nitrogens with one attached hydrogen (secondary N) is 1. The summed E-state index contributed by atoms with van der Waals surface area (Å²) in [6.45, 7) is 5.82. The molecule has 1 atom stereocenters. The van der Waals surface area contributed by atoms with Gasteiger partial charge >= 0.3 is 0 Å². The van der Waals surface area contributed by atoms with E-state index in [0.29, 0.717) is 0 Å². The molecule has 0 radical (unpaired) electrons. The van der Waals surface area contributed by atoms with E-state index in [0.717, 1.165) is 31.0 Å². The van der Waals surface area contributed by atoms with Crippen molar-refractivity contribution in [1.29, 1.82) is 0 Å². The van der Waals surface area contributed by atoms with Gasteiger partial charge in [0, 0.05) is 13.7 Å². The van der Waals surface area contributed by atoms with Crippen LogP contribution in [0.3, 0.4) is 0 Å². The first-order valence-electron chi connectivity index (χ1n) is 4.95. The molecule has 4 heteroatoms. The molecular weight excluding hydrogens is 180 g/mol. The van der Waals surface area contributed by atoms with Crippen LogP contribution in [0, 0.1) is 0 Å². The van der Waals surface area contributed by atoms with E-state index in [9.17, 15) is 0 Å². The Hall–Kier alpha value is -0.870. The molecule has 0 spiro atoms. The maximum Gasteiger partial charge on any atom is 0.181 e. The number of ether oxygens (including phenoxy) is 1. The molecule has 0 saturated heterocycles. The number of hydrogen-bond acceptors (Lipinski definition) is 4. The van der Waals surface area contributed by atoms with Gasteiger partial charge in [-0.1, -0.05) is 6.92 Å². The van der Waals surface area contributed by atoms with Crippen molar-refractivity contribution in [3.63, 3.8) is 0 Å². The second kappa shape index (κ2) is 5.78. The van der Waals surface area contributed by atoms with E-state index in [1.165, 1.54) is 6.39 Å². The largest absolute Gasteiger partial charge is 0.445 e. The summed E-state index contributed by atoms with van der Waals surface area (Å²) >= 11 is 0. The molecule has 1 heterocycles. The van der Waals surface area contributed by atoms with Gasteiger partial charge in [0.2, 0.25) is 0 Å². The number of hydrogen-bond donors (Lipinski definition) is 1. The standard InChI is InChI=1S/C10H18N2O2/c1-4-5-11-6-9-10(8(2)13-3)14-7-12-9/h7-8,11H,4-6H2,1-3H3. The minimum atomic E-state index is -0.0315. The Morgan fingerprint density at radius 3 is 3.07 bits per heavy atom. The van der Waals surface area contributed by atoms with Crippen LogP contribution in [0.25, 0.3) is 0 Å². The summed E-state index contributed by atoms with van der Waals surface area (Å²) in [5.74, 6) is 0.816. The number of rotatable bonds is 6. The van der Waals surface area contributed by atoms with Crippen LogP contribution in [0.1, 0.15) is 37.8 Å². The van der Waals surface area contributed by atoms with E-state index in [-0.39, 0.29) is 6.10 Å². The zero-order valence-electron chi connectivity index (χ0n) is 9.04. The summed E-state index contributed by atoms with van der Waals surface area (Å²) in [6, 6.07) is 0. The van der Waals surface area contributed by atoms with Crippen LogP contribution in [0.15, 0.2) is 10.8 Å². The summed E-state index contributed by atoms with van der Waals surface area (Å²) in [5, 5.41) is 3.28. The first-order chi connectivity index (χ1) is 6.79. The zero-order chi connectivity index (χ0) is 10.4. The average Bonchev–Trinajstić information content (AvgIpc) is 2.65. The number of methoxy groups -OCH3 is 1. The summed E-state index contributed by atoms with van der Waals surface area (Å²) < 4.78 is 10.5.